The minimum absolute atomic E-state index is 0.0915. The van der Waals surface area contributed by atoms with E-state index in [4.69, 9.17) is 11.6 Å². The number of carbonyl (C=O) groups excluding carboxylic acids is 1. The zero-order valence-corrected chi connectivity index (χ0v) is 17.4. The van der Waals surface area contributed by atoms with Crippen molar-refractivity contribution in [2.24, 2.45) is 5.10 Å². The molecule has 1 amide bonds. The van der Waals surface area contributed by atoms with Crippen LogP contribution < -0.4 is 5.43 Å². The van der Waals surface area contributed by atoms with Crippen molar-refractivity contribution in [1.82, 2.24) is 9.99 Å². The van der Waals surface area contributed by atoms with Crippen molar-refractivity contribution in [3.63, 3.8) is 0 Å². The van der Waals surface area contributed by atoms with E-state index >= 15 is 0 Å². The molecule has 3 rings (SSSR count). The van der Waals surface area contributed by atoms with Gasteiger partial charge in [-0.3, -0.25) is 4.79 Å². The van der Waals surface area contributed by atoms with Gasteiger partial charge in [-0.15, -0.1) is 11.8 Å². The Morgan fingerprint density at radius 3 is 2.57 bits per heavy atom. The summed E-state index contributed by atoms with van der Waals surface area (Å²) in [6.07, 6.45) is 2.11. The monoisotopic (exact) mass is 411 g/mol. The largest absolute Gasteiger partial charge is 0.318 e. The number of nitrogens with zero attached hydrogens (tertiary/aromatic N) is 2. The molecule has 144 valence electrons. The summed E-state index contributed by atoms with van der Waals surface area (Å²) >= 11 is 7.64. The van der Waals surface area contributed by atoms with Crippen LogP contribution in [0.15, 0.2) is 70.7 Å². The lowest BCUT2D eigenvalue weighted by molar-refractivity contribution is -0.120. The van der Waals surface area contributed by atoms with Gasteiger partial charge in [0.05, 0.1) is 6.21 Å². The Hall–Kier alpha value is -2.50. The van der Waals surface area contributed by atoms with E-state index in [-0.39, 0.29) is 5.91 Å². The first-order chi connectivity index (χ1) is 13.5. The molecule has 4 nitrogen and oxygen atoms in total. The summed E-state index contributed by atoms with van der Waals surface area (Å²) in [6, 6.07) is 19.8. The average Bonchev–Trinajstić information content (AvgIpc) is 2.97. The Balaban J connectivity index is 1.56. The highest BCUT2D eigenvalue weighted by molar-refractivity contribution is 7.99. The molecule has 3 aromatic rings. The van der Waals surface area contributed by atoms with Crippen LogP contribution in [-0.4, -0.2) is 22.4 Å². The summed E-state index contributed by atoms with van der Waals surface area (Å²) in [5.41, 5.74) is 6.76. The molecule has 0 saturated heterocycles. The number of rotatable bonds is 7. The van der Waals surface area contributed by atoms with E-state index in [1.54, 1.807) is 18.0 Å². The molecule has 0 radical (unpaired) electrons. The molecule has 1 N–H and O–H groups in total. The topological polar surface area (TPSA) is 46.4 Å². The zero-order valence-electron chi connectivity index (χ0n) is 15.9. The van der Waals surface area contributed by atoms with Gasteiger partial charge >= 0.3 is 0 Å². The fourth-order valence-electron chi connectivity index (χ4n) is 2.91. The molecule has 1 heterocycles. The minimum atomic E-state index is -0.0915. The minimum Gasteiger partial charge on any atom is -0.318 e. The van der Waals surface area contributed by atoms with Gasteiger partial charge in [-0.25, -0.2) is 5.43 Å². The van der Waals surface area contributed by atoms with Crippen molar-refractivity contribution < 1.29 is 4.79 Å². The molecular formula is C22H22ClN3OS. The summed E-state index contributed by atoms with van der Waals surface area (Å²) in [4.78, 5) is 13.1. The van der Waals surface area contributed by atoms with E-state index < -0.39 is 0 Å². The first-order valence-electron chi connectivity index (χ1n) is 8.99. The predicted octanol–water partition coefficient (Wildman–Crippen LogP) is 5.38. The second kappa shape index (κ2) is 9.62. The molecule has 0 spiro atoms. The van der Waals surface area contributed by atoms with Crippen molar-refractivity contribution in [2.45, 2.75) is 25.2 Å². The van der Waals surface area contributed by atoms with Crippen LogP contribution in [0.5, 0.6) is 0 Å². The molecule has 28 heavy (non-hydrogen) atoms. The summed E-state index contributed by atoms with van der Waals surface area (Å²) in [5, 5.41) is 4.83. The Morgan fingerprint density at radius 1 is 1.14 bits per heavy atom. The number of halogens is 1. The molecule has 0 fully saturated rings. The van der Waals surface area contributed by atoms with Crippen molar-refractivity contribution in [1.29, 1.82) is 0 Å². The Kier molecular flexibility index (Phi) is 6.95. The second-order valence-corrected chi connectivity index (χ2v) is 7.95. The zero-order chi connectivity index (χ0) is 19.9. The smallest absolute Gasteiger partial charge is 0.240 e. The third-order valence-corrected chi connectivity index (χ3v) is 5.55. The van der Waals surface area contributed by atoms with E-state index in [2.05, 4.69) is 15.1 Å². The maximum atomic E-state index is 12.0. The van der Waals surface area contributed by atoms with Gasteiger partial charge in [0.25, 0.3) is 0 Å². The van der Waals surface area contributed by atoms with E-state index in [0.717, 1.165) is 33.3 Å². The van der Waals surface area contributed by atoms with Crippen LogP contribution in [0.2, 0.25) is 5.02 Å². The van der Waals surface area contributed by atoms with E-state index in [0.29, 0.717) is 11.4 Å². The van der Waals surface area contributed by atoms with Gasteiger partial charge in [-0.2, -0.15) is 5.10 Å². The fraction of sp³-hybridized carbons (Fsp3) is 0.182. The molecule has 2 aromatic carbocycles. The maximum Gasteiger partial charge on any atom is 0.240 e. The van der Waals surface area contributed by atoms with Crippen LogP contribution in [0.1, 0.15) is 23.4 Å². The quantitative estimate of drug-likeness (QED) is 0.322. The van der Waals surface area contributed by atoms with Crippen LogP contribution in [-0.2, 0) is 4.79 Å². The first kappa shape index (κ1) is 20.2. The normalized spacial score (nSPS) is 11.1. The maximum absolute atomic E-state index is 12.0. The number of aryl methyl sites for hydroxylation is 1. The molecule has 0 aliphatic rings. The summed E-state index contributed by atoms with van der Waals surface area (Å²) < 4.78 is 2.13. The molecule has 1 aromatic heterocycles. The first-order valence-corrected chi connectivity index (χ1v) is 10.4. The van der Waals surface area contributed by atoms with E-state index in [1.165, 1.54) is 0 Å². The number of carbonyl (C=O) groups is 1. The molecule has 0 aliphatic carbocycles. The van der Waals surface area contributed by atoms with E-state index in [9.17, 15) is 4.79 Å². The lowest BCUT2D eigenvalue weighted by Crippen LogP contribution is -2.17. The van der Waals surface area contributed by atoms with Crippen LogP contribution in [0.3, 0.4) is 0 Å². The number of benzene rings is 2. The van der Waals surface area contributed by atoms with Crippen molar-refractivity contribution in [3.05, 3.63) is 82.6 Å². The number of nitrogens with one attached hydrogen (secondary N) is 1. The van der Waals surface area contributed by atoms with Gasteiger partial charge in [0.1, 0.15) is 0 Å². The number of thioether (sulfide) groups is 1. The lowest BCUT2D eigenvalue weighted by atomic mass is 10.2. The fourth-order valence-corrected chi connectivity index (χ4v) is 3.91. The van der Waals surface area contributed by atoms with Crippen molar-refractivity contribution >= 4 is 35.5 Å². The van der Waals surface area contributed by atoms with Crippen molar-refractivity contribution in [2.75, 3.05) is 5.75 Å². The van der Waals surface area contributed by atoms with Gasteiger partial charge in [0.15, 0.2) is 0 Å². The SMILES string of the molecule is Cc1cc(/C=N/NC(=O)CCSc2ccccc2)c(C)n1-c1ccc(Cl)cc1. The van der Waals surface area contributed by atoms with Gasteiger partial charge < -0.3 is 4.57 Å². The Morgan fingerprint density at radius 2 is 1.86 bits per heavy atom. The standard InChI is InChI=1S/C22H22ClN3OS/c1-16-14-18(17(2)26(16)20-10-8-19(23)9-11-20)15-24-25-22(27)12-13-28-21-6-4-3-5-7-21/h3-11,14-15H,12-13H2,1-2H3,(H,25,27)/b24-15+. The van der Waals surface area contributed by atoms with Gasteiger partial charge in [0.2, 0.25) is 5.91 Å². The molecule has 0 aliphatic heterocycles. The van der Waals surface area contributed by atoms with Crippen LogP contribution in [0.25, 0.3) is 5.69 Å². The number of amides is 1. The van der Waals surface area contributed by atoms with Crippen LogP contribution >= 0.6 is 23.4 Å². The highest BCUT2D eigenvalue weighted by atomic mass is 35.5. The van der Waals surface area contributed by atoms with Crippen LogP contribution in [0.4, 0.5) is 0 Å². The predicted molar refractivity (Wildman–Crippen MR) is 118 cm³/mol. The average molecular weight is 412 g/mol. The highest BCUT2D eigenvalue weighted by Crippen LogP contribution is 2.21. The summed E-state index contributed by atoms with van der Waals surface area (Å²) in [5.74, 6) is 0.627. The summed E-state index contributed by atoms with van der Waals surface area (Å²) in [6.45, 7) is 4.07. The lowest BCUT2D eigenvalue weighted by Gasteiger charge is -2.09. The van der Waals surface area contributed by atoms with E-state index in [1.807, 2.05) is 74.5 Å². The number of hydrogen-bond donors (Lipinski definition) is 1. The van der Waals surface area contributed by atoms with Crippen molar-refractivity contribution in [3.8, 4) is 5.69 Å². The molecule has 0 bridgehead atoms. The van der Waals surface area contributed by atoms with Gasteiger partial charge in [-0.05, 0) is 56.3 Å². The van der Waals surface area contributed by atoms with Gasteiger partial charge in [-0.1, -0.05) is 29.8 Å². The third kappa shape index (κ3) is 5.27. The molecule has 6 heteroatoms. The molecular weight excluding hydrogens is 390 g/mol. The van der Waals surface area contributed by atoms with Gasteiger partial charge in [0, 0.05) is 44.7 Å². The Bertz CT molecular complexity index is 965. The number of hydrazone groups is 1. The number of aromatic nitrogens is 1. The number of hydrogen-bond acceptors (Lipinski definition) is 3. The molecule has 0 saturated carbocycles. The Labute approximate surface area is 174 Å². The molecule has 0 atom stereocenters. The van der Waals surface area contributed by atoms with Crippen LogP contribution in [0, 0.1) is 13.8 Å². The second-order valence-electron chi connectivity index (χ2n) is 6.34. The highest BCUT2D eigenvalue weighted by Gasteiger charge is 2.09. The molecule has 0 unspecified atom stereocenters. The summed E-state index contributed by atoms with van der Waals surface area (Å²) in [7, 11) is 0. The third-order valence-electron chi connectivity index (χ3n) is 4.29.